The highest BCUT2D eigenvalue weighted by molar-refractivity contribution is 9.10. The minimum Gasteiger partial charge on any atom is -0.367 e. The molecule has 26 heavy (non-hydrogen) atoms. The first kappa shape index (κ1) is 17.3. The average molecular weight is 410 g/mol. The van der Waals surface area contributed by atoms with E-state index in [0.29, 0.717) is 6.04 Å². The van der Waals surface area contributed by atoms with Gasteiger partial charge in [0.15, 0.2) is 0 Å². The van der Waals surface area contributed by atoms with Crippen molar-refractivity contribution in [1.29, 1.82) is 0 Å². The summed E-state index contributed by atoms with van der Waals surface area (Å²) in [5.41, 5.74) is 4.39. The number of hydrogen-bond donors (Lipinski definition) is 1. The van der Waals surface area contributed by atoms with Crippen LogP contribution in [-0.2, 0) is 0 Å². The fourth-order valence-electron chi connectivity index (χ4n) is 3.74. The van der Waals surface area contributed by atoms with Gasteiger partial charge in [-0.25, -0.2) is 4.98 Å². The van der Waals surface area contributed by atoms with Crippen LogP contribution in [0.1, 0.15) is 50.3 Å². The molecule has 1 aromatic carbocycles. The van der Waals surface area contributed by atoms with Crippen molar-refractivity contribution in [3.63, 3.8) is 0 Å². The van der Waals surface area contributed by atoms with E-state index in [2.05, 4.69) is 75.2 Å². The molecule has 0 unspecified atom stereocenters. The number of nitrogens with one attached hydrogen (secondary N) is 1. The Morgan fingerprint density at radius 2 is 1.88 bits per heavy atom. The lowest BCUT2D eigenvalue weighted by molar-refractivity contribution is 0.461. The lowest BCUT2D eigenvalue weighted by atomic mass is 9.95. The zero-order chi connectivity index (χ0) is 17.9. The van der Waals surface area contributed by atoms with Crippen molar-refractivity contribution in [3.05, 3.63) is 64.4 Å². The Hall–Kier alpha value is -2.07. The van der Waals surface area contributed by atoms with Gasteiger partial charge in [0.25, 0.3) is 0 Å². The molecule has 0 radical (unpaired) electrons. The molecule has 3 nitrogen and oxygen atoms in total. The van der Waals surface area contributed by atoms with E-state index in [-0.39, 0.29) is 0 Å². The first-order valence-electron chi connectivity index (χ1n) is 9.38. The van der Waals surface area contributed by atoms with Gasteiger partial charge in [-0.3, -0.25) is 4.40 Å². The average Bonchev–Trinajstić information content (AvgIpc) is 3.01. The van der Waals surface area contributed by atoms with E-state index in [4.69, 9.17) is 4.98 Å². The summed E-state index contributed by atoms with van der Waals surface area (Å²) in [5.74, 6) is 1.11. The van der Waals surface area contributed by atoms with Crippen molar-refractivity contribution in [3.8, 4) is 0 Å². The molecule has 0 saturated heterocycles. The van der Waals surface area contributed by atoms with Crippen LogP contribution < -0.4 is 5.32 Å². The third kappa shape index (κ3) is 3.70. The third-order valence-electron chi connectivity index (χ3n) is 5.08. The van der Waals surface area contributed by atoms with Gasteiger partial charge in [0.05, 0.1) is 0 Å². The zero-order valence-electron chi connectivity index (χ0n) is 15.1. The van der Waals surface area contributed by atoms with E-state index in [9.17, 15) is 0 Å². The number of anilines is 1. The Labute approximate surface area is 163 Å². The third-order valence-corrected chi connectivity index (χ3v) is 5.55. The molecule has 2 aromatic heterocycles. The summed E-state index contributed by atoms with van der Waals surface area (Å²) in [5, 5.41) is 3.81. The lowest BCUT2D eigenvalue weighted by Gasteiger charge is -2.24. The summed E-state index contributed by atoms with van der Waals surface area (Å²) in [6.07, 6.45) is 10.8. The topological polar surface area (TPSA) is 29.3 Å². The molecule has 4 heteroatoms. The molecule has 1 fully saturated rings. The molecule has 0 atom stereocenters. The van der Waals surface area contributed by atoms with Crippen LogP contribution in [0.5, 0.6) is 0 Å². The second-order valence-electron chi connectivity index (χ2n) is 7.10. The minimum absolute atomic E-state index is 0.533. The molecular formula is C22H24BrN3. The predicted octanol–water partition coefficient (Wildman–Crippen LogP) is 6.40. The molecule has 1 saturated carbocycles. The Morgan fingerprint density at radius 3 is 2.65 bits per heavy atom. The number of rotatable bonds is 4. The van der Waals surface area contributed by atoms with Crippen LogP contribution in [0.2, 0.25) is 0 Å². The van der Waals surface area contributed by atoms with E-state index < -0.39 is 0 Å². The largest absolute Gasteiger partial charge is 0.367 e. The highest BCUT2D eigenvalue weighted by atomic mass is 79.9. The maximum atomic E-state index is 4.93. The molecule has 0 amide bonds. The molecule has 3 aromatic rings. The van der Waals surface area contributed by atoms with Crippen molar-refractivity contribution in [2.24, 2.45) is 0 Å². The first-order chi connectivity index (χ1) is 12.7. The van der Waals surface area contributed by atoms with Gasteiger partial charge in [-0.1, -0.05) is 49.6 Å². The van der Waals surface area contributed by atoms with Gasteiger partial charge in [-0.2, -0.15) is 0 Å². The van der Waals surface area contributed by atoms with Crippen LogP contribution in [-0.4, -0.2) is 15.4 Å². The molecule has 0 aliphatic heterocycles. The summed E-state index contributed by atoms with van der Waals surface area (Å²) in [6, 6.07) is 15.1. The molecule has 1 aliphatic carbocycles. The molecule has 0 bridgehead atoms. The summed E-state index contributed by atoms with van der Waals surface area (Å²) in [4.78, 5) is 4.93. The number of nitrogens with zero attached hydrogens (tertiary/aromatic N) is 2. The summed E-state index contributed by atoms with van der Waals surface area (Å²) < 4.78 is 3.24. The monoisotopic (exact) mass is 409 g/mol. The predicted molar refractivity (Wildman–Crippen MR) is 113 cm³/mol. The van der Waals surface area contributed by atoms with Gasteiger partial charge in [-0.05, 0) is 65.0 Å². The molecule has 4 rings (SSSR count). The number of benzene rings is 1. The Kier molecular flexibility index (Phi) is 5.11. The maximum absolute atomic E-state index is 4.93. The number of allylic oxidation sites excluding steroid dienone is 1. The highest BCUT2D eigenvalue weighted by Crippen LogP contribution is 2.30. The molecule has 1 N–H and O–H groups in total. The SMILES string of the molecule is C/C(=C\c1ccccc1)c1nc2ccc(Br)cn2c1NC1CCCCC1. The van der Waals surface area contributed by atoms with Gasteiger partial charge in [0, 0.05) is 16.7 Å². The van der Waals surface area contributed by atoms with Crippen LogP contribution in [0.15, 0.2) is 53.1 Å². The molecule has 1 aliphatic rings. The Balaban J connectivity index is 1.77. The van der Waals surface area contributed by atoms with E-state index in [1.807, 2.05) is 12.1 Å². The Morgan fingerprint density at radius 1 is 1.12 bits per heavy atom. The number of fused-ring (bicyclic) bond motifs is 1. The second-order valence-corrected chi connectivity index (χ2v) is 8.02. The fraction of sp³-hybridized carbons (Fsp3) is 0.318. The van der Waals surface area contributed by atoms with Crippen molar-refractivity contribution < 1.29 is 0 Å². The quantitative estimate of drug-likeness (QED) is 0.539. The van der Waals surface area contributed by atoms with E-state index in [0.717, 1.165) is 21.6 Å². The van der Waals surface area contributed by atoms with Gasteiger partial charge < -0.3 is 5.32 Å². The zero-order valence-corrected chi connectivity index (χ0v) is 16.7. The van der Waals surface area contributed by atoms with Crippen molar-refractivity contribution in [2.75, 3.05) is 5.32 Å². The standard InChI is InChI=1S/C22H24BrN3/c1-16(14-17-8-4-2-5-9-17)21-22(24-19-10-6-3-7-11-19)26-15-18(23)12-13-20(26)25-21/h2,4-5,8-9,12-15,19,24H,3,6-7,10-11H2,1H3/b16-14+. The van der Waals surface area contributed by atoms with Crippen LogP contribution >= 0.6 is 15.9 Å². The highest BCUT2D eigenvalue weighted by Gasteiger charge is 2.19. The fourth-order valence-corrected chi connectivity index (χ4v) is 4.08. The summed E-state index contributed by atoms with van der Waals surface area (Å²) in [7, 11) is 0. The Bertz CT molecular complexity index is 921. The molecular weight excluding hydrogens is 386 g/mol. The second kappa shape index (κ2) is 7.67. The maximum Gasteiger partial charge on any atom is 0.139 e. The molecule has 0 spiro atoms. The number of hydrogen-bond acceptors (Lipinski definition) is 2. The van der Waals surface area contributed by atoms with E-state index in [1.54, 1.807) is 0 Å². The van der Waals surface area contributed by atoms with E-state index >= 15 is 0 Å². The van der Waals surface area contributed by atoms with E-state index in [1.165, 1.54) is 43.2 Å². The van der Waals surface area contributed by atoms with Crippen molar-refractivity contribution in [1.82, 2.24) is 9.38 Å². The number of pyridine rings is 1. The minimum atomic E-state index is 0.533. The molecule has 2 heterocycles. The summed E-state index contributed by atoms with van der Waals surface area (Å²) >= 11 is 3.60. The normalized spacial score (nSPS) is 16.2. The van der Waals surface area contributed by atoms with Gasteiger partial charge in [0.1, 0.15) is 17.2 Å². The van der Waals surface area contributed by atoms with Crippen molar-refractivity contribution in [2.45, 2.75) is 45.1 Å². The van der Waals surface area contributed by atoms with Crippen molar-refractivity contribution >= 4 is 39.0 Å². The van der Waals surface area contributed by atoms with Crippen LogP contribution in [0.25, 0.3) is 17.3 Å². The number of aromatic nitrogens is 2. The van der Waals surface area contributed by atoms with Gasteiger partial charge in [-0.15, -0.1) is 0 Å². The number of halogens is 1. The van der Waals surface area contributed by atoms with Crippen LogP contribution in [0, 0.1) is 0 Å². The first-order valence-corrected chi connectivity index (χ1v) is 10.2. The number of imidazole rings is 1. The summed E-state index contributed by atoms with van der Waals surface area (Å²) in [6.45, 7) is 2.15. The van der Waals surface area contributed by atoms with Gasteiger partial charge >= 0.3 is 0 Å². The van der Waals surface area contributed by atoms with Crippen LogP contribution in [0.4, 0.5) is 5.82 Å². The van der Waals surface area contributed by atoms with Crippen LogP contribution in [0.3, 0.4) is 0 Å². The van der Waals surface area contributed by atoms with Gasteiger partial charge in [0.2, 0.25) is 0 Å². The lowest BCUT2D eigenvalue weighted by Crippen LogP contribution is -2.23. The smallest absolute Gasteiger partial charge is 0.139 e. The molecule has 134 valence electrons.